The summed E-state index contributed by atoms with van der Waals surface area (Å²) in [6.45, 7) is 6.76. The number of hydrogen-bond acceptors (Lipinski definition) is 6. The highest BCUT2D eigenvalue weighted by atomic mass is 19.4. The molecule has 192 valence electrons. The Labute approximate surface area is 206 Å². The number of aliphatic carboxylic acids is 1. The fourth-order valence-electron chi connectivity index (χ4n) is 3.34. The number of carbonyl (C=O) groups is 1. The molecule has 0 fully saturated rings. The van der Waals surface area contributed by atoms with Crippen LogP contribution in [0.25, 0.3) is 11.4 Å². The minimum atomic E-state index is -4.42. The van der Waals surface area contributed by atoms with E-state index < -0.39 is 23.3 Å². The van der Waals surface area contributed by atoms with Crippen LogP contribution in [-0.2, 0) is 28.9 Å². The molecular weight excluding hydrogens is 477 g/mol. The second-order valence-corrected chi connectivity index (χ2v) is 8.70. The molecule has 0 saturated heterocycles. The molecule has 3 aromatic rings. The van der Waals surface area contributed by atoms with E-state index in [0.717, 1.165) is 12.1 Å². The molecule has 1 heterocycles. The molecule has 36 heavy (non-hydrogen) atoms. The zero-order valence-corrected chi connectivity index (χ0v) is 20.6. The summed E-state index contributed by atoms with van der Waals surface area (Å²) in [4.78, 5) is 20.3. The summed E-state index contributed by atoms with van der Waals surface area (Å²) in [5.74, 6) is 0.163. The normalized spacial score (nSPS) is 11.9. The van der Waals surface area contributed by atoms with Crippen molar-refractivity contribution >= 4 is 5.97 Å². The molecule has 0 spiro atoms. The van der Waals surface area contributed by atoms with Gasteiger partial charge in [-0.2, -0.15) is 13.2 Å². The Morgan fingerprint density at radius 2 is 1.67 bits per heavy atom. The summed E-state index contributed by atoms with van der Waals surface area (Å²) < 4.78 is 55.5. The minimum absolute atomic E-state index is 0.123. The molecule has 10 heteroatoms. The van der Waals surface area contributed by atoms with Gasteiger partial charge in [0.05, 0.1) is 17.9 Å². The maximum atomic E-state index is 12.9. The van der Waals surface area contributed by atoms with Crippen LogP contribution in [0.1, 0.15) is 41.9 Å². The number of hydrogen-bond donors (Lipinski definition) is 1. The highest BCUT2D eigenvalue weighted by Gasteiger charge is 2.31. The van der Waals surface area contributed by atoms with E-state index >= 15 is 0 Å². The molecule has 0 aliphatic rings. The standard InChI is InChI=1S/C26H27F3N2O5/c1-15-12-19(10-11-22(15)36-25(3,4)24(32)33)35-13-20-16(2)30-23(31-21(20)14-34-5)17-6-8-18(9-7-17)26(27,28)29/h6-12H,13-14H2,1-5H3,(H,32,33). The summed E-state index contributed by atoms with van der Waals surface area (Å²) in [6, 6.07) is 9.70. The number of alkyl halides is 3. The molecule has 0 aliphatic heterocycles. The molecule has 0 bridgehead atoms. The second kappa shape index (κ2) is 10.5. The first-order chi connectivity index (χ1) is 16.8. The van der Waals surface area contributed by atoms with Gasteiger partial charge in [-0.05, 0) is 63.6 Å². The number of rotatable bonds is 9. The number of aromatic nitrogens is 2. The summed E-state index contributed by atoms with van der Waals surface area (Å²) in [6.07, 6.45) is -4.42. The molecule has 3 rings (SSSR count). The Kier molecular flexibility index (Phi) is 7.88. The monoisotopic (exact) mass is 504 g/mol. The largest absolute Gasteiger partial charge is 0.489 e. The van der Waals surface area contributed by atoms with Crippen LogP contribution in [0.15, 0.2) is 42.5 Å². The van der Waals surface area contributed by atoms with E-state index in [1.165, 1.54) is 33.1 Å². The molecule has 0 saturated carbocycles. The van der Waals surface area contributed by atoms with Crippen molar-refractivity contribution in [2.75, 3.05) is 7.11 Å². The lowest BCUT2D eigenvalue weighted by atomic mass is 10.1. The third-order valence-corrected chi connectivity index (χ3v) is 5.46. The number of carboxylic acids is 1. The van der Waals surface area contributed by atoms with E-state index in [1.54, 1.807) is 32.0 Å². The number of nitrogens with zero attached hydrogens (tertiary/aromatic N) is 2. The highest BCUT2D eigenvalue weighted by Crippen LogP contribution is 2.31. The van der Waals surface area contributed by atoms with Crippen LogP contribution < -0.4 is 9.47 Å². The molecule has 1 N–H and O–H groups in total. The first-order valence-corrected chi connectivity index (χ1v) is 11.0. The Hall–Kier alpha value is -3.66. The summed E-state index contributed by atoms with van der Waals surface area (Å²) in [5.41, 5.74) is 0.870. The van der Waals surface area contributed by atoms with Crippen molar-refractivity contribution in [1.82, 2.24) is 9.97 Å². The molecule has 0 unspecified atom stereocenters. The lowest BCUT2D eigenvalue weighted by Crippen LogP contribution is -2.38. The maximum Gasteiger partial charge on any atom is 0.416 e. The molecule has 0 amide bonds. The van der Waals surface area contributed by atoms with Crippen molar-refractivity contribution in [2.45, 2.75) is 52.7 Å². The number of aryl methyl sites for hydroxylation is 2. The van der Waals surface area contributed by atoms with Crippen molar-refractivity contribution < 1.29 is 37.3 Å². The number of halogens is 3. The van der Waals surface area contributed by atoms with Gasteiger partial charge in [-0.3, -0.25) is 0 Å². The van der Waals surface area contributed by atoms with E-state index in [4.69, 9.17) is 14.2 Å². The Balaban J connectivity index is 1.82. The van der Waals surface area contributed by atoms with Crippen LogP contribution in [0.5, 0.6) is 11.5 Å². The Morgan fingerprint density at radius 3 is 2.22 bits per heavy atom. The van der Waals surface area contributed by atoms with Gasteiger partial charge in [-0.25, -0.2) is 14.8 Å². The molecule has 7 nitrogen and oxygen atoms in total. The third kappa shape index (κ3) is 6.31. The second-order valence-electron chi connectivity index (χ2n) is 8.70. The van der Waals surface area contributed by atoms with Gasteiger partial charge in [0, 0.05) is 23.9 Å². The first kappa shape index (κ1) is 26.9. The topological polar surface area (TPSA) is 90.8 Å². The van der Waals surface area contributed by atoms with Gasteiger partial charge in [-0.15, -0.1) is 0 Å². The molecular formula is C26H27F3N2O5. The van der Waals surface area contributed by atoms with E-state index in [-0.39, 0.29) is 19.0 Å². The van der Waals surface area contributed by atoms with Gasteiger partial charge in [0.1, 0.15) is 18.1 Å². The van der Waals surface area contributed by atoms with Crippen molar-refractivity contribution in [3.05, 3.63) is 70.5 Å². The van der Waals surface area contributed by atoms with Crippen LogP contribution in [-0.4, -0.2) is 33.8 Å². The van der Waals surface area contributed by atoms with Crippen LogP contribution in [0.3, 0.4) is 0 Å². The van der Waals surface area contributed by atoms with Crippen LogP contribution in [0.4, 0.5) is 13.2 Å². The average molecular weight is 505 g/mol. The highest BCUT2D eigenvalue weighted by molar-refractivity contribution is 5.76. The van der Waals surface area contributed by atoms with Crippen LogP contribution >= 0.6 is 0 Å². The summed E-state index contributed by atoms with van der Waals surface area (Å²) in [7, 11) is 1.51. The predicted octanol–water partition coefficient (Wildman–Crippen LogP) is 5.75. The zero-order valence-electron chi connectivity index (χ0n) is 20.6. The maximum absolute atomic E-state index is 12.9. The van der Waals surface area contributed by atoms with Crippen LogP contribution in [0.2, 0.25) is 0 Å². The minimum Gasteiger partial charge on any atom is -0.489 e. The predicted molar refractivity (Wildman–Crippen MR) is 126 cm³/mol. The summed E-state index contributed by atoms with van der Waals surface area (Å²) in [5, 5.41) is 9.27. The lowest BCUT2D eigenvalue weighted by Gasteiger charge is -2.23. The quantitative estimate of drug-likeness (QED) is 0.397. The third-order valence-electron chi connectivity index (χ3n) is 5.46. The van der Waals surface area contributed by atoms with Crippen molar-refractivity contribution in [3.63, 3.8) is 0 Å². The fourth-order valence-corrected chi connectivity index (χ4v) is 3.34. The van der Waals surface area contributed by atoms with Gasteiger partial charge in [0.15, 0.2) is 11.4 Å². The number of methoxy groups -OCH3 is 1. The molecule has 0 aliphatic carbocycles. The molecule has 1 aromatic heterocycles. The molecule has 2 aromatic carbocycles. The van der Waals surface area contributed by atoms with Crippen molar-refractivity contribution in [1.29, 1.82) is 0 Å². The molecule has 0 atom stereocenters. The number of carboxylic acid groups (broad SMARTS) is 1. The lowest BCUT2D eigenvalue weighted by molar-refractivity contribution is -0.152. The van der Waals surface area contributed by atoms with Gasteiger partial charge in [0.25, 0.3) is 0 Å². The Bertz CT molecular complexity index is 1240. The van der Waals surface area contributed by atoms with E-state index in [9.17, 15) is 23.1 Å². The van der Waals surface area contributed by atoms with E-state index in [1.807, 2.05) is 0 Å². The van der Waals surface area contributed by atoms with Crippen molar-refractivity contribution in [2.24, 2.45) is 0 Å². The SMILES string of the molecule is COCc1nc(-c2ccc(C(F)(F)F)cc2)nc(C)c1COc1ccc(OC(C)(C)C(=O)O)c(C)c1. The van der Waals surface area contributed by atoms with Gasteiger partial charge in [0.2, 0.25) is 0 Å². The first-order valence-electron chi connectivity index (χ1n) is 11.0. The van der Waals surface area contributed by atoms with E-state index in [0.29, 0.717) is 39.6 Å². The summed E-state index contributed by atoms with van der Waals surface area (Å²) >= 11 is 0. The van der Waals surface area contributed by atoms with Gasteiger partial charge in [-0.1, -0.05) is 12.1 Å². The number of ether oxygens (including phenoxy) is 3. The van der Waals surface area contributed by atoms with Gasteiger partial charge >= 0.3 is 12.1 Å². The van der Waals surface area contributed by atoms with E-state index in [2.05, 4.69) is 9.97 Å². The van der Waals surface area contributed by atoms with Crippen molar-refractivity contribution in [3.8, 4) is 22.9 Å². The van der Waals surface area contributed by atoms with Crippen LogP contribution in [0, 0.1) is 13.8 Å². The van der Waals surface area contributed by atoms with Gasteiger partial charge < -0.3 is 19.3 Å². The fraction of sp³-hybridized carbons (Fsp3) is 0.346. The smallest absolute Gasteiger partial charge is 0.416 e. The average Bonchev–Trinajstić information content (AvgIpc) is 2.79. The zero-order chi connectivity index (χ0) is 26.7. The Morgan fingerprint density at radius 1 is 1.00 bits per heavy atom. The number of benzene rings is 2. The molecule has 0 radical (unpaired) electrons.